The Labute approximate surface area is 143 Å². The number of nitrogens with one attached hydrogen (secondary N) is 1. The van der Waals surface area contributed by atoms with Gasteiger partial charge in [0.15, 0.2) is 0 Å². The van der Waals surface area contributed by atoms with Crippen molar-refractivity contribution >= 4 is 23.4 Å². The maximum atomic E-state index is 11.9. The molecule has 1 amide bonds. The van der Waals surface area contributed by atoms with E-state index >= 15 is 0 Å². The van der Waals surface area contributed by atoms with E-state index < -0.39 is 4.92 Å². The van der Waals surface area contributed by atoms with Crippen molar-refractivity contribution in [2.24, 2.45) is 0 Å². The van der Waals surface area contributed by atoms with E-state index in [1.54, 1.807) is 42.5 Å². The van der Waals surface area contributed by atoms with Gasteiger partial charge < -0.3 is 9.73 Å². The van der Waals surface area contributed by atoms with E-state index in [4.69, 9.17) is 4.42 Å². The highest BCUT2D eigenvalue weighted by Crippen LogP contribution is 2.31. The van der Waals surface area contributed by atoms with E-state index in [0.29, 0.717) is 22.8 Å². The van der Waals surface area contributed by atoms with Gasteiger partial charge in [0.1, 0.15) is 11.5 Å². The van der Waals surface area contributed by atoms with Gasteiger partial charge in [-0.2, -0.15) is 0 Å². The van der Waals surface area contributed by atoms with Gasteiger partial charge in [-0.25, -0.2) is 0 Å². The van der Waals surface area contributed by atoms with Crippen LogP contribution in [0.1, 0.15) is 5.76 Å². The lowest BCUT2D eigenvalue weighted by molar-refractivity contribution is -0.384. The maximum absolute atomic E-state index is 11.9. The van der Waals surface area contributed by atoms with Crippen molar-refractivity contribution in [3.63, 3.8) is 0 Å². The number of carbonyl (C=O) groups is 1. The van der Waals surface area contributed by atoms with Crippen LogP contribution in [0.4, 0.5) is 11.4 Å². The molecule has 1 aromatic heterocycles. The highest BCUT2D eigenvalue weighted by atomic mass is 16.6. The quantitative estimate of drug-likeness (QED) is 0.423. The highest BCUT2D eigenvalue weighted by Gasteiger charge is 2.16. The van der Waals surface area contributed by atoms with Gasteiger partial charge in [-0.15, -0.1) is 0 Å². The highest BCUT2D eigenvalue weighted by molar-refractivity contribution is 6.01. The standard InChI is InChI=1S/C19H14N2O4/c22-19(20-14-6-2-1-3-7-14)13-11-15-10-12-18(25-15)16-8-4-5-9-17(16)21(23)24/h1-13H,(H,20,22)/b13-11+. The van der Waals surface area contributed by atoms with Crippen LogP contribution in [0.3, 0.4) is 0 Å². The van der Waals surface area contributed by atoms with Crippen molar-refractivity contribution in [1.82, 2.24) is 0 Å². The third kappa shape index (κ3) is 4.00. The Kier molecular flexibility index (Phi) is 4.71. The molecule has 1 N–H and O–H groups in total. The molecular formula is C19H14N2O4. The van der Waals surface area contributed by atoms with E-state index in [0.717, 1.165) is 0 Å². The number of amides is 1. The van der Waals surface area contributed by atoms with Gasteiger partial charge in [-0.3, -0.25) is 14.9 Å². The number of hydrogen-bond acceptors (Lipinski definition) is 4. The van der Waals surface area contributed by atoms with E-state index in [1.165, 1.54) is 18.2 Å². The molecule has 0 saturated heterocycles. The van der Waals surface area contributed by atoms with Gasteiger partial charge in [0.2, 0.25) is 5.91 Å². The van der Waals surface area contributed by atoms with Gasteiger partial charge in [0.25, 0.3) is 5.69 Å². The third-order valence-corrected chi connectivity index (χ3v) is 3.43. The molecule has 0 unspecified atom stereocenters. The average molecular weight is 334 g/mol. The molecule has 0 radical (unpaired) electrons. The predicted molar refractivity (Wildman–Crippen MR) is 94.9 cm³/mol. The Bertz CT molecular complexity index is 929. The molecule has 3 aromatic rings. The normalized spacial score (nSPS) is 10.7. The molecule has 25 heavy (non-hydrogen) atoms. The minimum atomic E-state index is -0.458. The topological polar surface area (TPSA) is 85.4 Å². The van der Waals surface area contributed by atoms with Crippen LogP contribution in [0.15, 0.2) is 77.2 Å². The number of hydrogen-bond donors (Lipinski definition) is 1. The van der Waals surface area contributed by atoms with Crippen molar-refractivity contribution in [1.29, 1.82) is 0 Å². The first kappa shape index (κ1) is 16.2. The summed E-state index contributed by atoms with van der Waals surface area (Å²) in [5, 5.41) is 13.8. The van der Waals surface area contributed by atoms with Crippen LogP contribution in [0.5, 0.6) is 0 Å². The van der Waals surface area contributed by atoms with Crippen LogP contribution in [0, 0.1) is 10.1 Å². The molecule has 0 bridgehead atoms. The number of nitrogens with zero attached hydrogens (tertiary/aromatic N) is 1. The Morgan fingerprint density at radius 2 is 1.72 bits per heavy atom. The second-order valence-corrected chi connectivity index (χ2v) is 5.16. The molecule has 2 aromatic carbocycles. The molecule has 6 nitrogen and oxygen atoms in total. The maximum Gasteiger partial charge on any atom is 0.280 e. The fourth-order valence-electron chi connectivity index (χ4n) is 2.29. The zero-order valence-corrected chi connectivity index (χ0v) is 13.1. The molecule has 0 aliphatic rings. The minimum absolute atomic E-state index is 0.0331. The summed E-state index contributed by atoms with van der Waals surface area (Å²) in [6.07, 6.45) is 2.85. The number of nitro benzene ring substituents is 1. The van der Waals surface area contributed by atoms with Crippen molar-refractivity contribution < 1.29 is 14.1 Å². The first-order valence-corrected chi connectivity index (χ1v) is 7.51. The number of para-hydroxylation sites is 2. The predicted octanol–water partition coefficient (Wildman–Crippen LogP) is 4.51. The van der Waals surface area contributed by atoms with Crippen molar-refractivity contribution in [2.45, 2.75) is 0 Å². The Balaban J connectivity index is 1.74. The monoisotopic (exact) mass is 334 g/mol. The lowest BCUT2D eigenvalue weighted by Crippen LogP contribution is -2.07. The summed E-state index contributed by atoms with van der Waals surface area (Å²) >= 11 is 0. The van der Waals surface area contributed by atoms with Gasteiger partial charge in [0.05, 0.1) is 10.5 Å². The molecule has 0 fully saturated rings. The van der Waals surface area contributed by atoms with Crippen LogP contribution in [0.2, 0.25) is 0 Å². The third-order valence-electron chi connectivity index (χ3n) is 3.43. The van der Waals surface area contributed by atoms with Crippen molar-refractivity contribution in [3.05, 3.63) is 88.7 Å². The summed E-state index contributed by atoms with van der Waals surface area (Å²) in [6.45, 7) is 0. The lowest BCUT2D eigenvalue weighted by atomic mass is 10.1. The van der Waals surface area contributed by atoms with E-state index in [2.05, 4.69) is 5.32 Å². The largest absolute Gasteiger partial charge is 0.456 e. The SMILES string of the molecule is O=C(/C=C/c1ccc(-c2ccccc2[N+](=O)[O-])o1)Nc1ccccc1. The van der Waals surface area contributed by atoms with Crippen LogP contribution in [-0.4, -0.2) is 10.8 Å². The number of nitro groups is 1. The molecule has 1 heterocycles. The fraction of sp³-hybridized carbons (Fsp3) is 0. The smallest absolute Gasteiger partial charge is 0.280 e. The van der Waals surface area contributed by atoms with Gasteiger partial charge in [0, 0.05) is 17.8 Å². The molecule has 6 heteroatoms. The van der Waals surface area contributed by atoms with E-state index in [-0.39, 0.29) is 11.6 Å². The summed E-state index contributed by atoms with van der Waals surface area (Å²) in [6, 6.07) is 18.7. The average Bonchev–Trinajstić information content (AvgIpc) is 3.10. The van der Waals surface area contributed by atoms with Crippen molar-refractivity contribution in [2.75, 3.05) is 5.32 Å². The summed E-state index contributed by atoms with van der Waals surface area (Å²) in [4.78, 5) is 22.5. The van der Waals surface area contributed by atoms with E-state index in [9.17, 15) is 14.9 Å². The summed E-state index contributed by atoms with van der Waals surface area (Å²) < 4.78 is 5.59. The molecular weight excluding hydrogens is 320 g/mol. The second-order valence-electron chi connectivity index (χ2n) is 5.16. The Morgan fingerprint density at radius 1 is 1.00 bits per heavy atom. The fourth-order valence-corrected chi connectivity index (χ4v) is 2.29. The zero-order valence-electron chi connectivity index (χ0n) is 13.1. The Hall–Kier alpha value is -3.67. The number of anilines is 1. The van der Waals surface area contributed by atoms with Gasteiger partial charge >= 0.3 is 0 Å². The van der Waals surface area contributed by atoms with Crippen LogP contribution in [-0.2, 0) is 4.79 Å². The summed E-state index contributed by atoms with van der Waals surface area (Å²) in [7, 11) is 0. The van der Waals surface area contributed by atoms with Crippen LogP contribution < -0.4 is 5.32 Å². The molecule has 0 saturated carbocycles. The summed E-state index contributed by atoms with van der Waals surface area (Å²) in [5.41, 5.74) is 1.05. The second kappa shape index (κ2) is 7.27. The minimum Gasteiger partial charge on any atom is -0.456 e. The number of rotatable bonds is 5. The number of furan rings is 1. The van der Waals surface area contributed by atoms with Gasteiger partial charge in [-0.05, 0) is 36.4 Å². The lowest BCUT2D eigenvalue weighted by Gasteiger charge is -2.00. The first-order valence-electron chi connectivity index (χ1n) is 7.51. The van der Waals surface area contributed by atoms with Crippen LogP contribution >= 0.6 is 0 Å². The molecule has 124 valence electrons. The molecule has 0 aliphatic carbocycles. The zero-order chi connectivity index (χ0) is 17.6. The van der Waals surface area contributed by atoms with Crippen molar-refractivity contribution in [3.8, 4) is 11.3 Å². The van der Waals surface area contributed by atoms with Gasteiger partial charge in [-0.1, -0.05) is 30.3 Å². The number of carbonyl (C=O) groups excluding carboxylic acids is 1. The molecule has 0 aliphatic heterocycles. The first-order chi connectivity index (χ1) is 12.1. The van der Waals surface area contributed by atoms with Crippen LogP contribution in [0.25, 0.3) is 17.4 Å². The summed E-state index contributed by atoms with van der Waals surface area (Å²) in [5.74, 6) is 0.502. The Morgan fingerprint density at radius 3 is 2.48 bits per heavy atom. The molecule has 3 rings (SSSR count). The number of benzene rings is 2. The molecule has 0 spiro atoms. The molecule has 0 atom stereocenters. The van der Waals surface area contributed by atoms with E-state index in [1.807, 2.05) is 18.2 Å².